The number of para-hydroxylation sites is 1. The Balaban J connectivity index is 1.84. The number of rotatable bonds is 2. The Morgan fingerprint density at radius 2 is 1.95 bits per heavy atom. The van der Waals surface area contributed by atoms with Gasteiger partial charge < -0.3 is 5.32 Å². The van der Waals surface area contributed by atoms with Gasteiger partial charge in [-0.2, -0.15) is 4.52 Å². The first-order valence-corrected chi connectivity index (χ1v) is 8.11. The summed E-state index contributed by atoms with van der Waals surface area (Å²) in [7, 11) is 0. The standard InChI is InChI=1S/C17H21N5/c1-11-7-3-5-9-14(11)19-17-20-15-10-6-4-8-13(15)16-18-12(2)21-22(16)17/h4,6,8,10-11,14H,3,5,7,9H2,1-2H3,(H,19,20). The molecule has 1 saturated carbocycles. The summed E-state index contributed by atoms with van der Waals surface area (Å²) < 4.78 is 1.86. The van der Waals surface area contributed by atoms with Crippen molar-refractivity contribution in [3.63, 3.8) is 0 Å². The van der Waals surface area contributed by atoms with Crippen molar-refractivity contribution in [1.82, 2.24) is 19.6 Å². The van der Waals surface area contributed by atoms with Crippen LogP contribution >= 0.6 is 0 Å². The van der Waals surface area contributed by atoms with Gasteiger partial charge in [0.2, 0.25) is 5.95 Å². The third kappa shape index (κ3) is 2.21. The average molecular weight is 295 g/mol. The molecule has 1 aromatic carbocycles. The molecule has 114 valence electrons. The molecule has 4 rings (SSSR count). The molecule has 0 spiro atoms. The van der Waals surface area contributed by atoms with Gasteiger partial charge in [0.05, 0.1) is 5.52 Å². The Morgan fingerprint density at radius 3 is 2.82 bits per heavy atom. The predicted molar refractivity (Wildman–Crippen MR) is 88.1 cm³/mol. The highest BCUT2D eigenvalue weighted by Gasteiger charge is 2.23. The summed E-state index contributed by atoms with van der Waals surface area (Å²) >= 11 is 0. The normalized spacial score (nSPS) is 22.3. The van der Waals surface area contributed by atoms with Crippen LogP contribution in [-0.4, -0.2) is 25.6 Å². The number of nitrogens with zero attached hydrogens (tertiary/aromatic N) is 4. The van der Waals surface area contributed by atoms with Crippen molar-refractivity contribution in [1.29, 1.82) is 0 Å². The van der Waals surface area contributed by atoms with Crippen LogP contribution in [0, 0.1) is 12.8 Å². The van der Waals surface area contributed by atoms with Crippen LogP contribution in [0.1, 0.15) is 38.4 Å². The van der Waals surface area contributed by atoms with E-state index in [1.165, 1.54) is 25.7 Å². The Morgan fingerprint density at radius 1 is 1.14 bits per heavy atom. The number of fused-ring (bicyclic) bond motifs is 3. The molecule has 22 heavy (non-hydrogen) atoms. The summed E-state index contributed by atoms with van der Waals surface area (Å²) in [5.74, 6) is 2.26. The number of nitrogens with one attached hydrogen (secondary N) is 1. The molecule has 2 aromatic heterocycles. The molecule has 1 fully saturated rings. The quantitative estimate of drug-likeness (QED) is 0.785. The minimum atomic E-state index is 0.468. The zero-order chi connectivity index (χ0) is 15.1. The average Bonchev–Trinajstić information content (AvgIpc) is 2.92. The fourth-order valence-electron chi connectivity index (χ4n) is 3.45. The molecule has 0 amide bonds. The first-order chi connectivity index (χ1) is 10.7. The second-order valence-corrected chi connectivity index (χ2v) is 6.36. The van der Waals surface area contributed by atoms with E-state index in [0.29, 0.717) is 12.0 Å². The van der Waals surface area contributed by atoms with Crippen LogP contribution < -0.4 is 5.32 Å². The van der Waals surface area contributed by atoms with E-state index in [-0.39, 0.29) is 0 Å². The second-order valence-electron chi connectivity index (χ2n) is 6.36. The Labute approximate surface area is 129 Å². The zero-order valence-corrected chi connectivity index (χ0v) is 13.1. The molecular weight excluding hydrogens is 274 g/mol. The maximum atomic E-state index is 4.79. The molecule has 0 aliphatic heterocycles. The van der Waals surface area contributed by atoms with E-state index in [2.05, 4.69) is 28.4 Å². The molecule has 5 heteroatoms. The highest BCUT2D eigenvalue weighted by Crippen LogP contribution is 2.27. The minimum Gasteiger partial charge on any atom is -0.351 e. The fourth-order valence-corrected chi connectivity index (χ4v) is 3.45. The van der Waals surface area contributed by atoms with Gasteiger partial charge in [-0.1, -0.05) is 31.9 Å². The lowest BCUT2D eigenvalue weighted by molar-refractivity contribution is 0.348. The molecule has 3 aromatic rings. The van der Waals surface area contributed by atoms with E-state index in [1.807, 2.05) is 29.6 Å². The summed E-state index contributed by atoms with van der Waals surface area (Å²) in [6.07, 6.45) is 5.10. The van der Waals surface area contributed by atoms with Gasteiger partial charge in [-0.25, -0.2) is 9.97 Å². The van der Waals surface area contributed by atoms with Crippen molar-refractivity contribution >= 4 is 22.5 Å². The van der Waals surface area contributed by atoms with Gasteiger partial charge in [-0.15, -0.1) is 5.10 Å². The van der Waals surface area contributed by atoms with Crippen LogP contribution in [0.4, 0.5) is 5.95 Å². The number of benzene rings is 1. The summed E-state index contributed by atoms with van der Waals surface area (Å²) in [5, 5.41) is 9.21. The molecule has 1 N–H and O–H groups in total. The molecule has 2 unspecified atom stereocenters. The molecule has 1 aliphatic rings. The first kappa shape index (κ1) is 13.5. The first-order valence-electron chi connectivity index (χ1n) is 8.11. The van der Waals surface area contributed by atoms with E-state index in [1.54, 1.807) is 0 Å². The lowest BCUT2D eigenvalue weighted by Crippen LogP contribution is -2.31. The summed E-state index contributed by atoms with van der Waals surface area (Å²) in [6, 6.07) is 8.59. The maximum absolute atomic E-state index is 4.79. The smallest absolute Gasteiger partial charge is 0.226 e. The van der Waals surface area contributed by atoms with Gasteiger partial charge in [0, 0.05) is 11.4 Å². The lowest BCUT2D eigenvalue weighted by Gasteiger charge is -2.29. The van der Waals surface area contributed by atoms with Gasteiger partial charge in [-0.05, 0) is 37.8 Å². The molecular formula is C17H21N5. The lowest BCUT2D eigenvalue weighted by atomic mass is 9.86. The number of aromatic nitrogens is 4. The van der Waals surface area contributed by atoms with Crippen LogP contribution in [-0.2, 0) is 0 Å². The molecule has 0 saturated heterocycles. The van der Waals surface area contributed by atoms with Crippen molar-refractivity contribution in [2.45, 2.75) is 45.6 Å². The van der Waals surface area contributed by atoms with Crippen LogP contribution in [0.5, 0.6) is 0 Å². The molecule has 1 aliphatic carbocycles. The third-order valence-electron chi connectivity index (χ3n) is 4.71. The van der Waals surface area contributed by atoms with Gasteiger partial charge in [-0.3, -0.25) is 0 Å². The number of hydrogen-bond donors (Lipinski definition) is 1. The summed E-state index contributed by atoms with van der Waals surface area (Å²) in [5.41, 5.74) is 1.85. The van der Waals surface area contributed by atoms with Crippen LogP contribution in [0.3, 0.4) is 0 Å². The number of hydrogen-bond acceptors (Lipinski definition) is 4. The van der Waals surface area contributed by atoms with Gasteiger partial charge >= 0.3 is 0 Å². The summed E-state index contributed by atoms with van der Waals surface area (Å²) in [6.45, 7) is 4.25. The van der Waals surface area contributed by atoms with Crippen LogP contribution in [0.2, 0.25) is 0 Å². The summed E-state index contributed by atoms with van der Waals surface area (Å²) in [4.78, 5) is 9.38. The Bertz CT molecular complexity index is 822. The van der Waals surface area contributed by atoms with Crippen molar-refractivity contribution in [3.8, 4) is 0 Å². The fraction of sp³-hybridized carbons (Fsp3) is 0.471. The topological polar surface area (TPSA) is 55.1 Å². The predicted octanol–water partition coefficient (Wildman–Crippen LogP) is 3.58. The van der Waals surface area contributed by atoms with E-state index in [4.69, 9.17) is 4.98 Å². The van der Waals surface area contributed by atoms with E-state index in [0.717, 1.165) is 28.3 Å². The Hall–Kier alpha value is -2.17. The minimum absolute atomic E-state index is 0.468. The number of anilines is 1. The monoisotopic (exact) mass is 295 g/mol. The van der Waals surface area contributed by atoms with E-state index < -0.39 is 0 Å². The third-order valence-corrected chi connectivity index (χ3v) is 4.71. The second kappa shape index (κ2) is 5.23. The molecule has 2 heterocycles. The highest BCUT2D eigenvalue weighted by molar-refractivity contribution is 5.92. The van der Waals surface area contributed by atoms with Crippen molar-refractivity contribution in [3.05, 3.63) is 30.1 Å². The van der Waals surface area contributed by atoms with Gasteiger partial charge in [0.1, 0.15) is 5.82 Å². The van der Waals surface area contributed by atoms with Gasteiger partial charge in [0.25, 0.3) is 0 Å². The van der Waals surface area contributed by atoms with Crippen LogP contribution in [0.15, 0.2) is 24.3 Å². The molecule has 0 radical (unpaired) electrons. The van der Waals surface area contributed by atoms with E-state index in [9.17, 15) is 0 Å². The zero-order valence-electron chi connectivity index (χ0n) is 13.1. The SMILES string of the molecule is Cc1nc2c3ccccc3nc(NC3CCCCC3C)n2n1. The van der Waals surface area contributed by atoms with Crippen LogP contribution in [0.25, 0.3) is 16.6 Å². The van der Waals surface area contributed by atoms with Crippen molar-refractivity contribution in [2.24, 2.45) is 5.92 Å². The Kier molecular flexibility index (Phi) is 3.21. The van der Waals surface area contributed by atoms with Crippen molar-refractivity contribution in [2.75, 3.05) is 5.32 Å². The molecule has 2 atom stereocenters. The highest BCUT2D eigenvalue weighted by atomic mass is 15.4. The maximum Gasteiger partial charge on any atom is 0.226 e. The van der Waals surface area contributed by atoms with Crippen molar-refractivity contribution < 1.29 is 0 Å². The largest absolute Gasteiger partial charge is 0.351 e. The van der Waals surface area contributed by atoms with Gasteiger partial charge in [0.15, 0.2) is 5.65 Å². The molecule has 5 nitrogen and oxygen atoms in total. The molecule has 0 bridgehead atoms. The number of aryl methyl sites for hydroxylation is 1. The van der Waals surface area contributed by atoms with E-state index >= 15 is 0 Å².